The van der Waals surface area contributed by atoms with Crippen molar-refractivity contribution < 1.29 is 14.3 Å². The van der Waals surface area contributed by atoms with Gasteiger partial charge in [0, 0.05) is 20.2 Å². The average Bonchev–Trinajstić information content (AvgIpc) is 2.92. The van der Waals surface area contributed by atoms with Gasteiger partial charge in [-0.25, -0.2) is 4.79 Å². The summed E-state index contributed by atoms with van der Waals surface area (Å²) in [6.07, 6.45) is 0. The van der Waals surface area contributed by atoms with Crippen molar-refractivity contribution in [3.8, 4) is 0 Å². The van der Waals surface area contributed by atoms with Crippen LogP contribution in [-0.2, 0) is 18.8 Å². The van der Waals surface area contributed by atoms with E-state index in [0.29, 0.717) is 10.8 Å². The zero-order valence-corrected chi connectivity index (χ0v) is 12.7. The normalized spacial score (nSPS) is 10.5. The Morgan fingerprint density at radius 2 is 1.95 bits per heavy atom. The number of hydrogen-bond acceptors (Lipinski definition) is 5. The Bertz CT molecular complexity index is 699. The molecule has 21 heavy (non-hydrogen) atoms. The molecule has 0 radical (unpaired) electrons. The lowest BCUT2D eigenvalue weighted by atomic mass is 10.2. The van der Waals surface area contributed by atoms with Crippen LogP contribution in [0.5, 0.6) is 0 Å². The van der Waals surface area contributed by atoms with E-state index in [4.69, 9.17) is 11.6 Å². The first-order valence-electron chi connectivity index (χ1n) is 5.98. The van der Waals surface area contributed by atoms with Crippen molar-refractivity contribution in [1.29, 1.82) is 0 Å². The summed E-state index contributed by atoms with van der Waals surface area (Å²) in [5, 5.41) is 10.9. The molecule has 0 aromatic carbocycles. The molecule has 0 aliphatic rings. The monoisotopic (exact) mass is 311 g/mol. The molecule has 1 N–H and O–H groups in total. The minimum atomic E-state index is -0.631. The second kappa shape index (κ2) is 5.57. The smallest absolute Gasteiger partial charge is 0.360 e. The summed E-state index contributed by atoms with van der Waals surface area (Å²) in [6.45, 7) is 1.72. The van der Waals surface area contributed by atoms with Crippen LogP contribution in [0.3, 0.4) is 0 Å². The van der Waals surface area contributed by atoms with Crippen LogP contribution in [0.2, 0.25) is 5.15 Å². The fraction of sp³-hybridized carbons (Fsp3) is 0.333. The maximum absolute atomic E-state index is 12.2. The number of rotatable bonds is 3. The molecule has 112 valence electrons. The molecule has 0 atom stereocenters. The third-order valence-corrected chi connectivity index (χ3v) is 3.36. The van der Waals surface area contributed by atoms with E-state index in [-0.39, 0.29) is 17.1 Å². The Kier molecular flexibility index (Phi) is 3.99. The minimum Gasteiger partial charge on any atom is -0.464 e. The van der Waals surface area contributed by atoms with Crippen LogP contribution in [0.1, 0.15) is 26.7 Å². The largest absolute Gasteiger partial charge is 0.464 e. The highest BCUT2D eigenvalue weighted by atomic mass is 35.5. The number of methoxy groups -OCH3 is 1. The van der Waals surface area contributed by atoms with Crippen LogP contribution in [0.4, 0.5) is 5.69 Å². The molecule has 2 aromatic rings. The molecule has 0 saturated heterocycles. The molecule has 0 bridgehead atoms. The third-order valence-electron chi connectivity index (χ3n) is 3.01. The molecule has 0 saturated carbocycles. The van der Waals surface area contributed by atoms with E-state index >= 15 is 0 Å². The number of aryl methyl sites for hydroxylation is 2. The van der Waals surface area contributed by atoms with E-state index in [1.165, 1.54) is 22.5 Å². The number of ether oxygens (including phenoxy) is 1. The average molecular weight is 312 g/mol. The Morgan fingerprint density at radius 3 is 2.48 bits per heavy atom. The van der Waals surface area contributed by atoms with Gasteiger partial charge in [0.25, 0.3) is 5.91 Å². The molecule has 0 fully saturated rings. The highest BCUT2D eigenvalue weighted by Gasteiger charge is 2.23. The Hall–Kier alpha value is -2.35. The fourth-order valence-electron chi connectivity index (χ4n) is 1.73. The van der Waals surface area contributed by atoms with Crippen molar-refractivity contribution in [2.75, 3.05) is 12.4 Å². The fourth-order valence-corrected chi connectivity index (χ4v) is 1.87. The number of carbonyl (C=O) groups is 2. The first-order chi connectivity index (χ1) is 9.85. The predicted octanol–water partition coefficient (Wildman–Crippen LogP) is 1.15. The lowest BCUT2D eigenvalue weighted by molar-refractivity contribution is 0.0594. The number of anilines is 1. The highest BCUT2D eigenvalue weighted by molar-refractivity contribution is 6.30. The second-order valence-corrected chi connectivity index (χ2v) is 4.74. The molecule has 2 rings (SSSR count). The standard InChI is InChI=1S/C12H14ClN5O3/c1-6-9(10(12(20)21-4)16-17(6)2)14-11(19)7-5-8(13)18(3)15-7/h5H,1-4H3,(H,14,19). The van der Waals surface area contributed by atoms with Gasteiger partial charge < -0.3 is 10.1 Å². The van der Waals surface area contributed by atoms with Gasteiger partial charge in [0.1, 0.15) is 5.15 Å². The summed E-state index contributed by atoms with van der Waals surface area (Å²) >= 11 is 5.85. The van der Waals surface area contributed by atoms with E-state index in [1.54, 1.807) is 21.0 Å². The third kappa shape index (κ3) is 2.75. The SMILES string of the molecule is COC(=O)c1nn(C)c(C)c1NC(=O)c1cc(Cl)n(C)n1. The quantitative estimate of drug-likeness (QED) is 0.859. The molecule has 0 aliphatic carbocycles. The molecule has 0 unspecified atom stereocenters. The molecule has 8 nitrogen and oxygen atoms in total. The zero-order chi connectivity index (χ0) is 15.7. The maximum Gasteiger partial charge on any atom is 0.360 e. The van der Waals surface area contributed by atoms with Crippen LogP contribution < -0.4 is 5.32 Å². The first kappa shape index (κ1) is 15.0. The van der Waals surface area contributed by atoms with Crippen LogP contribution >= 0.6 is 11.6 Å². The van der Waals surface area contributed by atoms with Gasteiger partial charge in [-0.2, -0.15) is 10.2 Å². The van der Waals surface area contributed by atoms with Crippen LogP contribution in [0, 0.1) is 6.92 Å². The number of nitrogens with one attached hydrogen (secondary N) is 1. The summed E-state index contributed by atoms with van der Waals surface area (Å²) in [5.41, 5.74) is 1.08. The van der Waals surface area contributed by atoms with Gasteiger partial charge in [0.05, 0.1) is 18.5 Å². The topological polar surface area (TPSA) is 91.0 Å². The van der Waals surface area contributed by atoms with Gasteiger partial charge in [0.15, 0.2) is 11.4 Å². The number of halogens is 1. The van der Waals surface area contributed by atoms with Gasteiger partial charge in [-0.05, 0) is 6.92 Å². The van der Waals surface area contributed by atoms with Gasteiger partial charge in [-0.3, -0.25) is 14.2 Å². The Morgan fingerprint density at radius 1 is 1.29 bits per heavy atom. The van der Waals surface area contributed by atoms with E-state index < -0.39 is 11.9 Å². The van der Waals surface area contributed by atoms with Crippen molar-refractivity contribution in [2.24, 2.45) is 14.1 Å². The number of amides is 1. The Balaban J connectivity index is 2.35. The predicted molar refractivity (Wildman–Crippen MR) is 75.5 cm³/mol. The number of hydrogen-bond donors (Lipinski definition) is 1. The summed E-state index contributed by atoms with van der Waals surface area (Å²) in [5.74, 6) is -1.12. The molecule has 0 aliphatic heterocycles. The number of carbonyl (C=O) groups excluding carboxylic acids is 2. The van der Waals surface area contributed by atoms with Gasteiger partial charge in [-0.1, -0.05) is 11.6 Å². The molecule has 0 spiro atoms. The molecule has 1 amide bonds. The zero-order valence-electron chi connectivity index (χ0n) is 12.0. The second-order valence-electron chi connectivity index (χ2n) is 4.35. The lowest BCUT2D eigenvalue weighted by Gasteiger charge is -2.04. The van der Waals surface area contributed by atoms with Crippen molar-refractivity contribution in [1.82, 2.24) is 19.6 Å². The van der Waals surface area contributed by atoms with Crippen molar-refractivity contribution in [3.05, 3.63) is 28.3 Å². The summed E-state index contributed by atoms with van der Waals surface area (Å²) in [7, 11) is 4.53. The summed E-state index contributed by atoms with van der Waals surface area (Å²) in [6, 6.07) is 1.43. The summed E-state index contributed by atoms with van der Waals surface area (Å²) < 4.78 is 7.50. The molecule has 2 heterocycles. The van der Waals surface area contributed by atoms with Crippen molar-refractivity contribution in [2.45, 2.75) is 6.92 Å². The molecule has 9 heteroatoms. The molecule has 2 aromatic heterocycles. The highest BCUT2D eigenvalue weighted by Crippen LogP contribution is 2.21. The van der Waals surface area contributed by atoms with Crippen LogP contribution in [0.15, 0.2) is 6.07 Å². The molecular formula is C12H14ClN5O3. The van der Waals surface area contributed by atoms with Gasteiger partial charge >= 0.3 is 5.97 Å². The van der Waals surface area contributed by atoms with E-state index in [1.807, 2.05) is 0 Å². The number of aromatic nitrogens is 4. The van der Waals surface area contributed by atoms with E-state index in [9.17, 15) is 9.59 Å². The van der Waals surface area contributed by atoms with Crippen molar-refractivity contribution >= 4 is 29.2 Å². The number of nitrogens with zero attached hydrogens (tertiary/aromatic N) is 4. The minimum absolute atomic E-state index is 0.0351. The van der Waals surface area contributed by atoms with Crippen LogP contribution in [-0.4, -0.2) is 38.5 Å². The Labute approximate surface area is 125 Å². The van der Waals surface area contributed by atoms with Crippen molar-refractivity contribution in [3.63, 3.8) is 0 Å². The first-order valence-corrected chi connectivity index (χ1v) is 6.35. The maximum atomic E-state index is 12.2. The lowest BCUT2D eigenvalue weighted by Crippen LogP contribution is -2.16. The van der Waals surface area contributed by atoms with Gasteiger partial charge in [-0.15, -0.1) is 0 Å². The van der Waals surface area contributed by atoms with Gasteiger partial charge in [0.2, 0.25) is 0 Å². The van der Waals surface area contributed by atoms with E-state index in [0.717, 1.165) is 0 Å². The van der Waals surface area contributed by atoms with E-state index in [2.05, 4.69) is 20.3 Å². The number of esters is 1. The van der Waals surface area contributed by atoms with Crippen LogP contribution in [0.25, 0.3) is 0 Å². The molecular weight excluding hydrogens is 298 g/mol. The summed E-state index contributed by atoms with van der Waals surface area (Å²) in [4.78, 5) is 23.9.